The largest absolute Gasteiger partial charge is 0.305 e. The summed E-state index contributed by atoms with van der Waals surface area (Å²) < 4.78 is 0. The SMILES string of the molecule is CC(=O)C=C(C)[NH]. The zero-order valence-corrected chi connectivity index (χ0v) is 4.49. The van der Waals surface area contributed by atoms with Crippen molar-refractivity contribution in [2.24, 2.45) is 0 Å². The molecule has 0 heterocycles. The Labute approximate surface area is 43.0 Å². The van der Waals surface area contributed by atoms with Crippen LogP contribution in [0.25, 0.3) is 0 Å². The van der Waals surface area contributed by atoms with Gasteiger partial charge in [-0.1, -0.05) is 0 Å². The lowest BCUT2D eigenvalue weighted by Gasteiger charge is -1.79. The molecule has 0 aromatic heterocycles. The van der Waals surface area contributed by atoms with E-state index in [1.165, 1.54) is 13.0 Å². The van der Waals surface area contributed by atoms with E-state index in [0.717, 1.165) is 0 Å². The van der Waals surface area contributed by atoms with Crippen molar-refractivity contribution in [2.75, 3.05) is 0 Å². The summed E-state index contributed by atoms with van der Waals surface area (Å²) in [6.45, 7) is 3.00. The van der Waals surface area contributed by atoms with Crippen LogP contribution in [0.4, 0.5) is 0 Å². The number of hydrogen-bond donors (Lipinski definition) is 0. The lowest BCUT2D eigenvalue weighted by molar-refractivity contribution is -0.112. The molecule has 0 aromatic rings. The van der Waals surface area contributed by atoms with Crippen LogP contribution in [0.1, 0.15) is 13.8 Å². The maximum Gasteiger partial charge on any atom is 0.154 e. The molecule has 0 spiro atoms. The van der Waals surface area contributed by atoms with Crippen molar-refractivity contribution < 1.29 is 4.79 Å². The molecule has 0 aliphatic carbocycles. The summed E-state index contributed by atoms with van der Waals surface area (Å²) in [7, 11) is 0. The Morgan fingerprint density at radius 3 is 2.00 bits per heavy atom. The van der Waals surface area contributed by atoms with Gasteiger partial charge in [0.25, 0.3) is 0 Å². The predicted molar refractivity (Wildman–Crippen MR) is 27.5 cm³/mol. The minimum atomic E-state index is -0.0625. The zero-order valence-electron chi connectivity index (χ0n) is 4.49. The number of allylic oxidation sites excluding steroid dienone is 2. The highest BCUT2D eigenvalue weighted by Crippen LogP contribution is 1.80. The second-order valence-electron chi connectivity index (χ2n) is 1.44. The third kappa shape index (κ3) is 5.21. The molecule has 0 amide bonds. The van der Waals surface area contributed by atoms with E-state index < -0.39 is 0 Å². The second-order valence-corrected chi connectivity index (χ2v) is 1.44. The molecular weight excluding hydrogens is 90.1 g/mol. The van der Waals surface area contributed by atoms with E-state index in [0.29, 0.717) is 5.70 Å². The molecule has 0 fully saturated rings. The highest BCUT2D eigenvalue weighted by Gasteiger charge is 1.81. The molecule has 0 atom stereocenters. The van der Waals surface area contributed by atoms with Crippen molar-refractivity contribution in [1.29, 1.82) is 0 Å². The maximum atomic E-state index is 10.1. The smallest absolute Gasteiger partial charge is 0.154 e. The Morgan fingerprint density at radius 2 is 2.00 bits per heavy atom. The zero-order chi connectivity index (χ0) is 5.86. The van der Waals surface area contributed by atoms with Gasteiger partial charge in [0.05, 0.1) is 0 Å². The van der Waals surface area contributed by atoms with Crippen LogP contribution in [0.2, 0.25) is 0 Å². The fourth-order valence-electron chi connectivity index (χ4n) is 0.305. The van der Waals surface area contributed by atoms with Crippen LogP contribution in [-0.4, -0.2) is 5.78 Å². The van der Waals surface area contributed by atoms with Gasteiger partial charge in [0.1, 0.15) is 0 Å². The van der Waals surface area contributed by atoms with Crippen molar-refractivity contribution in [3.05, 3.63) is 11.8 Å². The predicted octanol–water partition coefficient (Wildman–Crippen LogP) is 0.762. The molecule has 0 saturated carbocycles. The molecule has 2 heteroatoms. The normalized spacial score (nSPS) is 11.4. The summed E-state index contributed by atoms with van der Waals surface area (Å²) in [4.78, 5) is 10.1. The standard InChI is InChI=1S/C5H8NO/c1-4(6)3-5(2)7/h3,6H,1-2H3. The molecule has 0 rings (SSSR count). The lowest BCUT2D eigenvalue weighted by atomic mass is 10.3. The molecule has 0 aliphatic heterocycles. The first-order valence-electron chi connectivity index (χ1n) is 2.03. The van der Waals surface area contributed by atoms with Gasteiger partial charge in [-0.25, -0.2) is 0 Å². The van der Waals surface area contributed by atoms with E-state index in [1.54, 1.807) is 6.92 Å². The first-order chi connectivity index (χ1) is 3.13. The topological polar surface area (TPSA) is 40.9 Å². The number of carbonyl (C=O) groups excluding carboxylic acids is 1. The summed E-state index contributed by atoms with van der Waals surface area (Å²) >= 11 is 0. The van der Waals surface area contributed by atoms with Gasteiger partial charge in [-0.2, -0.15) is 0 Å². The van der Waals surface area contributed by atoms with Crippen LogP contribution >= 0.6 is 0 Å². The Balaban J connectivity index is 3.68. The Kier molecular flexibility index (Phi) is 2.12. The van der Waals surface area contributed by atoms with Gasteiger partial charge < -0.3 is 5.73 Å². The molecule has 0 saturated heterocycles. The monoisotopic (exact) mass is 98.1 g/mol. The minimum Gasteiger partial charge on any atom is -0.305 e. The minimum absolute atomic E-state index is 0.0625. The molecule has 0 bridgehead atoms. The van der Waals surface area contributed by atoms with E-state index in [9.17, 15) is 4.79 Å². The Hall–Kier alpha value is -0.790. The van der Waals surface area contributed by atoms with E-state index in [4.69, 9.17) is 5.73 Å². The van der Waals surface area contributed by atoms with E-state index in [2.05, 4.69) is 0 Å². The van der Waals surface area contributed by atoms with Crippen molar-refractivity contribution in [2.45, 2.75) is 13.8 Å². The van der Waals surface area contributed by atoms with Crippen LogP contribution in [0, 0.1) is 0 Å². The quantitative estimate of drug-likeness (QED) is 0.446. The van der Waals surface area contributed by atoms with Crippen LogP contribution in [-0.2, 0) is 4.79 Å². The number of hydrogen-bond acceptors (Lipinski definition) is 1. The summed E-state index contributed by atoms with van der Waals surface area (Å²) in [6.07, 6.45) is 1.28. The van der Waals surface area contributed by atoms with Crippen molar-refractivity contribution in [1.82, 2.24) is 5.73 Å². The number of nitrogens with one attached hydrogen (secondary N) is 1. The lowest BCUT2D eigenvalue weighted by Crippen LogP contribution is -1.83. The van der Waals surface area contributed by atoms with Gasteiger partial charge in [0.2, 0.25) is 0 Å². The average Bonchev–Trinajstić information content (AvgIpc) is 1.27. The van der Waals surface area contributed by atoms with Crippen LogP contribution in [0.3, 0.4) is 0 Å². The second kappa shape index (κ2) is 2.39. The van der Waals surface area contributed by atoms with Crippen molar-refractivity contribution >= 4 is 5.78 Å². The van der Waals surface area contributed by atoms with E-state index in [-0.39, 0.29) is 5.78 Å². The molecule has 7 heavy (non-hydrogen) atoms. The molecule has 0 unspecified atom stereocenters. The Bertz CT molecular complexity index is 101. The van der Waals surface area contributed by atoms with Gasteiger partial charge in [-0.15, -0.1) is 0 Å². The first-order valence-corrected chi connectivity index (χ1v) is 2.03. The number of ketones is 1. The number of carbonyl (C=O) groups is 1. The summed E-state index contributed by atoms with van der Waals surface area (Å²) in [5.74, 6) is -0.0625. The highest BCUT2D eigenvalue weighted by molar-refractivity contribution is 5.87. The van der Waals surface area contributed by atoms with Crippen molar-refractivity contribution in [3.8, 4) is 0 Å². The first kappa shape index (κ1) is 6.21. The summed E-state index contributed by atoms with van der Waals surface area (Å²) in [5.41, 5.74) is 7.06. The summed E-state index contributed by atoms with van der Waals surface area (Å²) in [6, 6.07) is 0. The van der Waals surface area contributed by atoms with Crippen LogP contribution in [0.15, 0.2) is 11.8 Å². The molecule has 39 valence electrons. The molecular formula is C5H8NO. The fraction of sp³-hybridized carbons (Fsp3) is 0.400. The maximum absolute atomic E-state index is 10.1. The third-order valence-corrected chi connectivity index (χ3v) is 0.420. The molecule has 0 aromatic carbocycles. The number of rotatable bonds is 1. The van der Waals surface area contributed by atoms with Gasteiger partial charge in [-0.05, 0) is 13.8 Å². The highest BCUT2D eigenvalue weighted by atomic mass is 16.1. The van der Waals surface area contributed by atoms with Gasteiger partial charge in [-0.3, -0.25) is 4.79 Å². The molecule has 1 radical (unpaired) electrons. The van der Waals surface area contributed by atoms with Crippen molar-refractivity contribution in [3.63, 3.8) is 0 Å². The van der Waals surface area contributed by atoms with Crippen LogP contribution in [0.5, 0.6) is 0 Å². The fourth-order valence-corrected chi connectivity index (χ4v) is 0.305. The third-order valence-electron chi connectivity index (χ3n) is 0.420. The van der Waals surface area contributed by atoms with E-state index in [1.807, 2.05) is 0 Å². The Morgan fingerprint density at radius 1 is 1.57 bits per heavy atom. The van der Waals surface area contributed by atoms with Gasteiger partial charge in [0.15, 0.2) is 5.78 Å². The van der Waals surface area contributed by atoms with Crippen LogP contribution < -0.4 is 5.73 Å². The van der Waals surface area contributed by atoms with E-state index >= 15 is 0 Å². The average molecular weight is 98.1 g/mol. The van der Waals surface area contributed by atoms with Gasteiger partial charge >= 0.3 is 0 Å². The molecule has 2 nitrogen and oxygen atoms in total. The molecule has 0 aliphatic rings. The summed E-state index contributed by atoms with van der Waals surface area (Å²) in [5, 5.41) is 0. The van der Waals surface area contributed by atoms with Gasteiger partial charge in [0, 0.05) is 11.8 Å². The molecule has 1 N–H and O–H groups in total.